The number of anilines is 2. The van der Waals surface area contributed by atoms with E-state index in [1.165, 1.54) is 6.33 Å². The predicted molar refractivity (Wildman–Crippen MR) is 31.2 cm³/mol. The predicted octanol–water partition coefficient (Wildman–Crippen LogP) is -1.24. The van der Waals surface area contributed by atoms with Crippen molar-refractivity contribution in [1.82, 2.24) is 9.66 Å². The van der Waals surface area contributed by atoms with Crippen LogP contribution in [0.3, 0.4) is 0 Å². The maximum Gasteiger partial charge on any atom is 0.167 e. The van der Waals surface area contributed by atoms with E-state index in [2.05, 4.69) is 4.98 Å². The minimum Gasteiger partial charge on any atom is -0.381 e. The highest BCUT2D eigenvalue weighted by atomic mass is 15.3. The Balaban J connectivity index is 3.19. The molecule has 0 spiro atoms. The number of rotatable bonds is 0. The quantitative estimate of drug-likeness (QED) is 0.367. The molecule has 8 heavy (non-hydrogen) atoms. The Morgan fingerprint density at radius 1 is 1.50 bits per heavy atom. The molecule has 1 aromatic rings. The molecular weight excluding hydrogens is 106 g/mol. The number of aromatic nitrogens is 2. The minimum absolute atomic E-state index is 0.271. The first-order valence-corrected chi connectivity index (χ1v) is 2.05. The molecule has 0 aliphatic heterocycles. The second-order valence-corrected chi connectivity index (χ2v) is 1.42. The molecule has 5 nitrogen and oxygen atoms in total. The lowest BCUT2D eigenvalue weighted by Gasteiger charge is -1.91. The molecule has 44 valence electrons. The molecule has 0 aromatic carbocycles. The minimum atomic E-state index is 0.271. The van der Waals surface area contributed by atoms with Gasteiger partial charge < -0.3 is 17.3 Å². The van der Waals surface area contributed by atoms with E-state index in [9.17, 15) is 0 Å². The van der Waals surface area contributed by atoms with Crippen molar-refractivity contribution in [3.05, 3.63) is 6.33 Å². The van der Waals surface area contributed by atoms with Crippen molar-refractivity contribution in [1.29, 1.82) is 0 Å². The fourth-order valence-corrected chi connectivity index (χ4v) is 0.385. The van der Waals surface area contributed by atoms with Gasteiger partial charge in [0.05, 0.1) is 0 Å². The molecule has 0 aliphatic rings. The lowest BCUT2D eigenvalue weighted by Crippen LogP contribution is -2.10. The van der Waals surface area contributed by atoms with Crippen molar-refractivity contribution in [2.45, 2.75) is 0 Å². The number of nitrogens with zero attached hydrogens (tertiary/aromatic N) is 2. The standard InChI is InChI=1S/C3H7N5/c4-2-3(5)8(6)1-7-2/h1H,4-6H2. The van der Waals surface area contributed by atoms with Gasteiger partial charge in [-0.2, -0.15) is 0 Å². The third-order valence-electron chi connectivity index (χ3n) is 0.862. The van der Waals surface area contributed by atoms with E-state index in [4.69, 9.17) is 17.3 Å². The molecule has 0 aliphatic carbocycles. The third kappa shape index (κ3) is 0.446. The van der Waals surface area contributed by atoms with Crippen LogP contribution in [0.2, 0.25) is 0 Å². The SMILES string of the molecule is Nc1ncn(N)c1N. The highest BCUT2D eigenvalue weighted by Crippen LogP contribution is 2.05. The van der Waals surface area contributed by atoms with Crippen molar-refractivity contribution in [3.63, 3.8) is 0 Å². The van der Waals surface area contributed by atoms with Crippen LogP contribution in [-0.4, -0.2) is 9.66 Å². The highest BCUT2D eigenvalue weighted by molar-refractivity contribution is 5.52. The van der Waals surface area contributed by atoms with Gasteiger partial charge in [0, 0.05) is 0 Å². The first-order valence-electron chi connectivity index (χ1n) is 2.05. The first-order chi connectivity index (χ1) is 3.72. The zero-order valence-corrected chi connectivity index (χ0v) is 4.20. The zero-order chi connectivity index (χ0) is 6.15. The Morgan fingerprint density at radius 3 is 2.25 bits per heavy atom. The van der Waals surface area contributed by atoms with Crippen LogP contribution in [0.1, 0.15) is 0 Å². The van der Waals surface area contributed by atoms with Crippen molar-refractivity contribution < 1.29 is 0 Å². The van der Waals surface area contributed by atoms with Crippen LogP contribution in [0.15, 0.2) is 6.33 Å². The Bertz CT molecular complexity index is 170. The average Bonchev–Trinajstić information content (AvgIpc) is 1.98. The summed E-state index contributed by atoms with van der Waals surface area (Å²) in [6.45, 7) is 0. The summed E-state index contributed by atoms with van der Waals surface area (Å²) < 4.78 is 1.16. The molecule has 0 saturated heterocycles. The van der Waals surface area contributed by atoms with E-state index in [1.807, 2.05) is 0 Å². The van der Waals surface area contributed by atoms with E-state index in [-0.39, 0.29) is 5.82 Å². The Hall–Kier alpha value is -1.39. The van der Waals surface area contributed by atoms with Crippen molar-refractivity contribution >= 4 is 11.6 Å². The van der Waals surface area contributed by atoms with Crippen LogP contribution in [0, 0.1) is 0 Å². The molecular formula is C3H7N5. The van der Waals surface area contributed by atoms with Crippen LogP contribution in [0.5, 0.6) is 0 Å². The summed E-state index contributed by atoms with van der Waals surface area (Å²) >= 11 is 0. The summed E-state index contributed by atoms with van der Waals surface area (Å²) in [5, 5.41) is 0. The van der Waals surface area contributed by atoms with Crippen LogP contribution in [0.4, 0.5) is 11.6 Å². The summed E-state index contributed by atoms with van der Waals surface area (Å²) in [6.07, 6.45) is 1.35. The van der Waals surface area contributed by atoms with Gasteiger partial charge in [-0.1, -0.05) is 0 Å². The molecule has 0 bridgehead atoms. The Labute approximate surface area is 46.1 Å². The van der Waals surface area contributed by atoms with E-state index < -0.39 is 0 Å². The van der Waals surface area contributed by atoms with Gasteiger partial charge in [-0.05, 0) is 0 Å². The molecule has 6 N–H and O–H groups in total. The highest BCUT2D eigenvalue weighted by Gasteiger charge is 1.96. The van der Waals surface area contributed by atoms with Crippen molar-refractivity contribution in [2.24, 2.45) is 0 Å². The number of hydrogen-bond donors (Lipinski definition) is 3. The smallest absolute Gasteiger partial charge is 0.167 e. The van der Waals surface area contributed by atoms with E-state index in [0.717, 1.165) is 4.68 Å². The summed E-state index contributed by atoms with van der Waals surface area (Å²) in [7, 11) is 0. The first kappa shape index (κ1) is 4.76. The number of imidazole rings is 1. The summed E-state index contributed by atoms with van der Waals surface area (Å²) in [5.74, 6) is 5.76. The zero-order valence-electron chi connectivity index (χ0n) is 4.20. The molecule has 5 heteroatoms. The Morgan fingerprint density at radius 2 is 2.12 bits per heavy atom. The van der Waals surface area contributed by atoms with E-state index in [0.29, 0.717) is 5.82 Å². The summed E-state index contributed by atoms with van der Waals surface area (Å²) in [5.41, 5.74) is 10.5. The van der Waals surface area contributed by atoms with Gasteiger partial charge in [0.1, 0.15) is 6.33 Å². The van der Waals surface area contributed by atoms with Gasteiger partial charge in [-0.3, -0.25) is 0 Å². The molecule has 0 atom stereocenters. The Kier molecular flexibility index (Phi) is 0.768. The maximum atomic E-state index is 5.25. The van der Waals surface area contributed by atoms with Crippen LogP contribution in [-0.2, 0) is 0 Å². The number of nitrogens with two attached hydrogens (primary N) is 3. The van der Waals surface area contributed by atoms with Gasteiger partial charge in [0.15, 0.2) is 11.6 Å². The van der Waals surface area contributed by atoms with Gasteiger partial charge in [0.2, 0.25) is 0 Å². The number of hydrogen-bond acceptors (Lipinski definition) is 4. The largest absolute Gasteiger partial charge is 0.381 e. The fourth-order valence-electron chi connectivity index (χ4n) is 0.385. The maximum absolute atomic E-state index is 5.25. The molecule has 0 amide bonds. The summed E-state index contributed by atoms with van der Waals surface area (Å²) in [4.78, 5) is 3.61. The average molecular weight is 113 g/mol. The van der Waals surface area contributed by atoms with Crippen molar-refractivity contribution in [3.8, 4) is 0 Å². The van der Waals surface area contributed by atoms with Crippen LogP contribution >= 0.6 is 0 Å². The summed E-state index contributed by atoms with van der Waals surface area (Å²) in [6, 6.07) is 0. The fraction of sp³-hybridized carbons (Fsp3) is 0. The van der Waals surface area contributed by atoms with Crippen LogP contribution < -0.4 is 17.3 Å². The van der Waals surface area contributed by atoms with E-state index >= 15 is 0 Å². The molecule has 1 heterocycles. The van der Waals surface area contributed by atoms with Gasteiger partial charge >= 0.3 is 0 Å². The molecule has 0 radical (unpaired) electrons. The molecule has 0 saturated carbocycles. The molecule has 1 aromatic heterocycles. The van der Waals surface area contributed by atoms with Gasteiger partial charge in [-0.25, -0.2) is 9.66 Å². The van der Waals surface area contributed by atoms with Crippen molar-refractivity contribution in [2.75, 3.05) is 17.3 Å². The second-order valence-electron chi connectivity index (χ2n) is 1.42. The van der Waals surface area contributed by atoms with Gasteiger partial charge in [-0.15, -0.1) is 0 Å². The van der Waals surface area contributed by atoms with Gasteiger partial charge in [0.25, 0.3) is 0 Å². The normalized spacial score (nSPS) is 9.50. The second kappa shape index (κ2) is 1.29. The van der Waals surface area contributed by atoms with Crippen LogP contribution in [0.25, 0.3) is 0 Å². The molecule has 0 unspecified atom stereocenters. The molecule has 1 rings (SSSR count). The monoisotopic (exact) mass is 113 g/mol. The lowest BCUT2D eigenvalue weighted by molar-refractivity contribution is 1.01. The van der Waals surface area contributed by atoms with E-state index in [1.54, 1.807) is 0 Å². The third-order valence-corrected chi connectivity index (χ3v) is 0.862. The topological polar surface area (TPSA) is 95.9 Å². The lowest BCUT2D eigenvalue weighted by atomic mass is 10.7. The number of nitrogen functional groups attached to an aromatic ring is 3. The molecule has 0 fully saturated rings.